The number of aryl methyl sites for hydroxylation is 1. The Hall–Kier alpha value is -1.48. The minimum absolute atomic E-state index is 0.0224. The van der Waals surface area contributed by atoms with Crippen molar-refractivity contribution in [3.63, 3.8) is 0 Å². The monoisotopic (exact) mass is 229 g/mol. The lowest BCUT2D eigenvalue weighted by Gasteiger charge is -2.07. The van der Waals surface area contributed by atoms with Crippen LogP contribution in [-0.2, 0) is 6.42 Å². The number of hydrogen-bond donors (Lipinski definition) is 0. The van der Waals surface area contributed by atoms with Gasteiger partial charge in [0.1, 0.15) is 0 Å². The van der Waals surface area contributed by atoms with Gasteiger partial charge in [0.2, 0.25) is 0 Å². The minimum atomic E-state index is -0.0224. The molecule has 2 aromatic rings. The maximum absolute atomic E-state index is 12.2. The van der Waals surface area contributed by atoms with Gasteiger partial charge in [-0.15, -0.1) is 0 Å². The van der Waals surface area contributed by atoms with Gasteiger partial charge in [-0.25, -0.2) is 0 Å². The van der Waals surface area contributed by atoms with Crippen molar-refractivity contribution in [2.45, 2.75) is 18.8 Å². The van der Waals surface area contributed by atoms with Crippen LogP contribution in [0.4, 0.5) is 0 Å². The highest BCUT2D eigenvalue weighted by molar-refractivity contribution is 7.08. The van der Waals surface area contributed by atoms with E-state index in [0.29, 0.717) is 0 Å². The summed E-state index contributed by atoms with van der Waals surface area (Å²) in [5, 5.41) is 3.87. The number of pyridine rings is 1. The van der Waals surface area contributed by atoms with Crippen molar-refractivity contribution in [1.82, 2.24) is 4.98 Å². The molecular formula is C13H11NOS. The van der Waals surface area contributed by atoms with Gasteiger partial charge in [0, 0.05) is 17.1 Å². The number of ketones is 1. The van der Waals surface area contributed by atoms with E-state index in [0.717, 1.165) is 24.1 Å². The summed E-state index contributed by atoms with van der Waals surface area (Å²) in [6.45, 7) is 0. The molecule has 0 saturated heterocycles. The number of Topliss-reactive ketones (excluding diaryl/α,β-unsaturated/α-hetero) is 1. The van der Waals surface area contributed by atoms with Gasteiger partial charge in [-0.1, -0.05) is 6.07 Å². The van der Waals surface area contributed by atoms with Crippen LogP contribution in [0.2, 0.25) is 0 Å². The Kier molecular flexibility index (Phi) is 2.33. The average molecular weight is 229 g/mol. The summed E-state index contributed by atoms with van der Waals surface area (Å²) in [6, 6.07) is 5.91. The number of aromatic nitrogens is 1. The fourth-order valence-corrected chi connectivity index (χ4v) is 2.92. The lowest BCUT2D eigenvalue weighted by atomic mass is 9.97. The Labute approximate surface area is 98.0 Å². The topological polar surface area (TPSA) is 30.0 Å². The van der Waals surface area contributed by atoms with Crippen LogP contribution >= 0.6 is 11.3 Å². The summed E-state index contributed by atoms with van der Waals surface area (Å²) >= 11 is 1.57. The smallest absolute Gasteiger partial charge is 0.172 e. The second-order valence-corrected chi connectivity index (χ2v) is 4.80. The van der Waals surface area contributed by atoms with E-state index in [-0.39, 0.29) is 11.7 Å². The molecular weight excluding hydrogens is 218 g/mol. The zero-order chi connectivity index (χ0) is 11.0. The molecule has 1 aliphatic carbocycles. The molecule has 0 bridgehead atoms. The van der Waals surface area contributed by atoms with Crippen LogP contribution in [0, 0.1) is 0 Å². The maximum atomic E-state index is 12.2. The summed E-state index contributed by atoms with van der Waals surface area (Å²) in [4.78, 5) is 16.6. The van der Waals surface area contributed by atoms with Crippen LogP contribution < -0.4 is 0 Å². The van der Waals surface area contributed by atoms with Gasteiger partial charge in [0.15, 0.2) is 5.78 Å². The average Bonchev–Trinajstić information content (AvgIpc) is 2.98. The van der Waals surface area contributed by atoms with Gasteiger partial charge in [-0.05, 0) is 35.9 Å². The predicted molar refractivity (Wildman–Crippen MR) is 63.9 cm³/mol. The Morgan fingerprint density at radius 2 is 2.38 bits per heavy atom. The molecule has 1 atom stereocenters. The summed E-state index contributed by atoms with van der Waals surface area (Å²) in [6.07, 6.45) is 3.66. The van der Waals surface area contributed by atoms with E-state index in [4.69, 9.17) is 0 Å². The van der Waals surface area contributed by atoms with Crippen LogP contribution in [0.3, 0.4) is 0 Å². The van der Waals surface area contributed by atoms with Gasteiger partial charge in [-0.2, -0.15) is 11.3 Å². The zero-order valence-corrected chi connectivity index (χ0v) is 9.54. The molecule has 0 N–H and O–H groups in total. The van der Waals surface area contributed by atoms with Crippen LogP contribution in [-0.4, -0.2) is 10.8 Å². The summed E-state index contributed by atoms with van der Waals surface area (Å²) in [5.41, 5.74) is 3.04. The number of carbonyl (C=O) groups excluding carboxylic acids is 1. The number of hydrogen-bond acceptors (Lipinski definition) is 3. The molecule has 0 fully saturated rings. The molecule has 1 aliphatic rings. The first-order valence-corrected chi connectivity index (χ1v) is 6.31. The predicted octanol–water partition coefficient (Wildman–Crippen LogP) is 3.06. The maximum Gasteiger partial charge on any atom is 0.172 e. The Balaban J connectivity index is 1.96. The molecule has 0 amide bonds. The summed E-state index contributed by atoms with van der Waals surface area (Å²) < 4.78 is 0. The van der Waals surface area contributed by atoms with E-state index < -0.39 is 0 Å². The van der Waals surface area contributed by atoms with Crippen LogP contribution in [0.1, 0.15) is 34.0 Å². The number of rotatable bonds is 2. The number of nitrogens with zero attached hydrogens (tertiary/aromatic N) is 1. The quantitative estimate of drug-likeness (QED) is 0.741. The SMILES string of the molecule is O=C(c1ccsc1)C1CCc2cccnc21. The van der Waals surface area contributed by atoms with E-state index in [2.05, 4.69) is 11.1 Å². The molecule has 0 aromatic carbocycles. The molecule has 2 heterocycles. The van der Waals surface area contributed by atoms with Gasteiger partial charge in [-0.3, -0.25) is 9.78 Å². The second kappa shape index (κ2) is 3.83. The Bertz CT molecular complexity index is 518. The number of carbonyl (C=O) groups is 1. The first-order valence-electron chi connectivity index (χ1n) is 5.36. The van der Waals surface area contributed by atoms with Crippen LogP contribution in [0.15, 0.2) is 35.2 Å². The van der Waals surface area contributed by atoms with E-state index in [1.807, 2.05) is 22.9 Å². The van der Waals surface area contributed by atoms with Crippen LogP contribution in [0.5, 0.6) is 0 Å². The first-order chi connectivity index (χ1) is 7.86. The molecule has 0 aliphatic heterocycles. The normalized spacial score (nSPS) is 18.4. The minimum Gasteiger partial charge on any atom is -0.293 e. The first kappa shape index (κ1) is 9.73. The van der Waals surface area contributed by atoms with Gasteiger partial charge < -0.3 is 0 Å². The zero-order valence-electron chi connectivity index (χ0n) is 8.72. The molecule has 3 heteroatoms. The largest absolute Gasteiger partial charge is 0.293 e. The van der Waals surface area contributed by atoms with E-state index in [1.54, 1.807) is 17.5 Å². The van der Waals surface area contributed by atoms with Crippen molar-refractivity contribution >= 4 is 17.1 Å². The number of fused-ring (bicyclic) bond motifs is 1. The lowest BCUT2D eigenvalue weighted by molar-refractivity contribution is 0.0958. The molecule has 3 rings (SSSR count). The van der Waals surface area contributed by atoms with E-state index in [9.17, 15) is 4.79 Å². The highest BCUT2D eigenvalue weighted by atomic mass is 32.1. The molecule has 16 heavy (non-hydrogen) atoms. The molecule has 0 saturated carbocycles. The standard InChI is InChI=1S/C13H11NOS/c15-13(10-5-7-16-8-10)11-4-3-9-2-1-6-14-12(9)11/h1-2,5-8,11H,3-4H2. The molecule has 80 valence electrons. The summed E-state index contributed by atoms with van der Waals surface area (Å²) in [7, 11) is 0. The van der Waals surface area contributed by atoms with E-state index >= 15 is 0 Å². The number of thiophene rings is 1. The third-order valence-corrected chi connectivity index (χ3v) is 3.76. The molecule has 2 nitrogen and oxygen atoms in total. The third-order valence-electron chi connectivity index (χ3n) is 3.08. The molecule has 2 aromatic heterocycles. The van der Waals surface area contributed by atoms with Crippen molar-refractivity contribution in [3.8, 4) is 0 Å². The fourth-order valence-electron chi connectivity index (χ4n) is 2.27. The molecule has 1 unspecified atom stereocenters. The Morgan fingerprint density at radius 3 is 3.19 bits per heavy atom. The highest BCUT2D eigenvalue weighted by Crippen LogP contribution is 2.33. The van der Waals surface area contributed by atoms with Crippen molar-refractivity contribution < 1.29 is 4.79 Å². The van der Waals surface area contributed by atoms with Gasteiger partial charge >= 0.3 is 0 Å². The second-order valence-electron chi connectivity index (χ2n) is 4.02. The van der Waals surface area contributed by atoms with E-state index in [1.165, 1.54) is 5.56 Å². The van der Waals surface area contributed by atoms with Crippen molar-refractivity contribution in [2.24, 2.45) is 0 Å². The van der Waals surface area contributed by atoms with Crippen LogP contribution in [0.25, 0.3) is 0 Å². The highest BCUT2D eigenvalue weighted by Gasteiger charge is 2.30. The summed E-state index contributed by atoms with van der Waals surface area (Å²) in [5.74, 6) is 0.199. The van der Waals surface area contributed by atoms with Crippen molar-refractivity contribution in [3.05, 3.63) is 52.0 Å². The molecule has 0 radical (unpaired) electrons. The third kappa shape index (κ3) is 1.48. The fraction of sp³-hybridized carbons (Fsp3) is 0.231. The van der Waals surface area contributed by atoms with Gasteiger partial charge in [0.25, 0.3) is 0 Å². The molecule has 0 spiro atoms. The van der Waals surface area contributed by atoms with Crippen molar-refractivity contribution in [2.75, 3.05) is 0 Å². The Morgan fingerprint density at radius 1 is 1.44 bits per heavy atom. The van der Waals surface area contributed by atoms with Crippen molar-refractivity contribution in [1.29, 1.82) is 0 Å². The lowest BCUT2D eigenvalue weighted by Crippen LogP contribution is -2.10. The van der Waals surface area contributed by atoms with Gasteiger partial charge in [0.05, 0.1) is 11.6 Å².